The van der Waals surface area contributed by atoms with Crippen LogP contribution in [-0.2, 0) is 0 Å². The molecule has 0 saturated heterocycles. The van der Waals surface area contributed by atoms with Crippen LogP contribution >= 0.6 is 0 Å². The van der Waals surface area contributed by atoms with Gasteiger partial charge in [0, 0.05) is 12.2 Å². The fourth-order valence-corrected chi connectivity index (χ4v) is 3.39. The summed E-state index contributed by atoms with van der Waals surface area (Å²) < 4.78 is 5.84. The van der Waals surface area contributed by atoms with Gasteiger partial charge in [-0.15, -0.1) is 0 Å². The van der Waals surface area contributed by atoms with E-state index in [4.69, 9.17) is 4.74 Å². The number of nitrogens with one attached hydrogen (secondary N) is 1. The maximum atomic E-state index is 5.84. The molecule has 1 saturated carbocycles. The van der Waals surface area contributed by atoms with Crippen molar-refractivity contribution < 1.29 is 4.74 Å². The SMILES string of the molecule is CC1CCC(C(C)C)C(Nc2cccnc2OC(C)C)C1. The zero-order valence-corrected chi connectivity index (χ0v) is 14.1. The number of ether oxygens (including phenoxy) is 1. The van der Waals surface area contributed by atoms with Crippen molar-refractivity contribution in [3.63, 3.8) is 0 Å². The predicted octanol–water partition coefficient (Wildman–Crippen LogP) is 4.74. The van der Waals surface area contributed by atoms with E-state index in [1.165, 1.54) is 19.3 Å². The van der Waals surface area contributed by atoms with Crippen LogP contribution in [0.25, 0.3) is 0 Å². The molecule has 1 aromatic rings. The molecule has 1 heterocycles. The average molecular weight is 290 g/mol. The van der Waals surface area contributed by atoms with Gasteiger partial charge in [-0.3, -0.25) is 0 Å². The Morgan fingerprint density at radius 3 is 2.67 bits per heavy atom. The molecule has 2 rings (SSSR count). The van der Waals surface area contributed by atoms with Crippen molar-refractivity contribution in [2.75, 3.05) is 5.32 Å². The van der Waals surface area contributed by atoms with E-state index in [-0.39, 0.29) is 6.10 Å². The molecule has 1 aliphatic rings. The number of aromatic nitrogens is 1. The molecular formula is C18H30N2O. The highest BCUT2D eigenvalue weighted by Gasteiger charge is 2.31. The highest BCUT2D eigenvalue weighted by Crippen LogP contribution is 2.36. The van der Waals surface area contributed by atoms with Gasteiger partial charge in [-0.1, -0.05) is 27.2 Å². The molecule has 3 unspecified atom stereocenters. The zero-order chi connectivity index (χ0) is 15.4. The van der Waals surface area contributed by atoms with Crippen LogP contribution in [0.3, 0.4) is 0 Å². The highest BCUT2D eigenvalue weighted by molar-refractivity contribution is 5.53. The molecule has 3 atom stereocenters. The fourth-order valence-electron chi connectivity index (χ4n) is 3.39. The molecule has 1 aromatic heterocycles. The molecule has 0 spiro atoms. The number of pyridine rings is 1. The summed E-state index contributed by atoms with van der Waals surface area (Å²) in [5, 5.41) is 3.73. The van der Waals surface area contributed by atoms with E-state index in [0.717, 1.165) is 23.4 Å². The predicted molar refractivity (Wildman–Crippen MR) is 88.8 cm³/mol. The molecule has 0 aliphatic heterocycles. The van der Waals surface area contributed by atoms with Crippen molar-refractivity contribution >= 4 is 5.69 Å². The minimum absolute atomic E-state index is 0.145. The van der Waals surface area contributed by atoms with E-state index in [2.05, 4.69) is 37.1 Å². The van der Waals surface area contributed by atoms with Crippen LogP contribution in [-0.4, -0.2) is 17.1 Å². The lowest BCUT2D eigenvalue weighted by Gasteiger charge is -2.38. The Morgan fingerprint density at radius 2 is 2.00 bits per heavy atom. The van der Waals surface area contributed by atoms with E-state index >= 15 is 0 Å². The monoisotopic (exact) mass is 290 g/mol. The second-order valence-corrected chi connectivity index (χ2v) is 7.10. The molecule has 0 aromatic carbocycles. The third-order valence-corrected chi connectivity index (χ3v) is 4.48. The minimum atomic E-state index is 0.145. The summed E-state index contributed by atoms with van der Waals surface area (Å²) in [7, 11) is 0. The van der Waals surface area contributed by atoms with Gasteiger partial charge in [-0.05, 0) is 56.6 Å². The molecule has 3 nitrogen and oxygen atoms in total. The van der Waals surface area contributed by atoms with Crippen molar-refractivity contribution in [3.05, 3.63) is 18.3 Å². The topological polar surface area (TPSA) is 34.2 Å². The van der Waals surface area contributed by atoms with Crippen LogP contribution in [0.4, 0.5) is 5.69 Å². The molecule has 3 heteroatoms. The van der Waals surface area contributed by atoms with Crippen LogP contribution in [0, 0.1) is 17.8 Å². The van der Waals surface area contributed by atoms with E-state index in [1.807, 2.05) is 19.9 Å². The van der Waals surface area contributed by atoms with Gasteiger partial charge in [-0.2, -0.15) is 0 Å². The summed E-state index contributed by atoms with van der Waals surface area (Å²) in [6, 6.07) is 4.58. The van der Waals surface area contributed by atoms with Gasteiger partial charge in [0.1, 0.15) is 0 Å². The molecule has 118 valence electrons. The first-order chi connectivity index (χ1) is 9.97. The van der Waals surface area contributed by atoms with Crippen molar-refractivity contribution in [3.8, 4) is 5.88 Å². The number of rotatable bonds is 5. The molecule has 1 aliphatic carbocycles. The largest absolute Gasteiger partial charge is 0.473 e. The maximum absolute atomic E-state index is 5.84. The summed E-state index contributed by atoms with van der Waals surface area (Å²) in [4.78, 5) is 4.39. The molecular weight excluding hydrogens is 260 g/mol. The first-order valence-electron chi connectivity index (χ1n) is 8.35. The first-order valence-corrected chi connectivity index (χ1v) is 8.35. The Bertz CT molecular complexity index is 445. The van der Waals surface area contributed by atoms with Crippen molar-refractivity contribution in [1.29, 1.82) is 0 Å². The quantitative estimate of drug-likeness (QED) is 0.850. The molecule has 0 amide bonds. The van der Waals surface area contributed by atoms with Crippen LogP contribution in [0.2, 0.25) is 0 Å². The van der Waals surface area contributed by atoms with Crippen LogP contribution in [0.1, 0.15) is 53.9 Å². The van der Waals surface area contributed by atoms with E-state index in [1.54, 1.807) is 6.20 Å². The summed E-state index contributed by atoms with van der Waals surface area (Å²) >= 11 is 0. The minimum Gasteiger partial charge on any atom is -0.473 e. The maximum Gasteiger partial charge on any atom is 0.237 e. The van der Waals surface area contributed by atoms with Crippen molar-refractivity contribution in [1.82, 2.24) is 4.98 Å². The van der Waals surface area contributed by atoms with Gasteiger partial charge in [0.05, 0.1) is 11.8 Å². The number of hydrogen-bond donors (Lipinski definition) is 1. The lowest BCUT2D eigenvalue weighted by atomic mass is 9.74. The molecule has 1 N–H and O–H groups in total. The second kappa shape index (κ2) is 7.15. The lowest BCUT2D eigenvalue weighted by Crippen LogP contribution is -2.38. The van der Waals surface area contributed by atoms with Gasteiger partial charge in [0.15, 0.2) is 0 Å². The standard InChI is InChI=1S/C18H30N2O/c1-12(2)15-9-8-14(5)11-17(15)20-16-7-6-10-19-18(16)21-13(3)4/h6-7,10,12-15,17,20H,8-9,11H2,1-5H3. The number of hydrogen-bond acceptors (Lipinski definition) is 3. The van der Waals surface area contributed by atoms with E-state index < -0.39 is 0 Å². The summed E-state index contributed by atoms with van der Waals surface area (Å²) in [6.45, 7) is 11.1. The van der Waals surface area contributed by atoms with Gasteiger partial charge >= 0.3 is 0 Å². The third kappa shape index (κ3) is 4.36. The number of anilines is 1. The van der Waals surface area contributed by atoms with E-state index in [0.29, 0.717) is 12.0 Å². The fraction of sp³-hybridized carbons (Fsp3) is 0.722. The first kappa shape index (κ1) is 16.1. The van der Waals surface area contributed by atoms with Gasteiger partial charge in [0.2, 0.25) is 5.88 Å². The normalized spacial score (nSPS) is 26.1. The molecule has 0 radical (unpaired) electrons. The second-order valence-electron chi connectivity index (χ2n) is 7.10. The van der Waals surface area contributed by atoms with Crippen molar-refractivity contribution in [2.45, 2.75) is 66.0 Å². The molecule has 1 fully saturated rings. The zero-order valence-electron chi connectivity index (χ0n) is 14.1. The molecule has 21 heavy (non-hydrogen) atoms. The Hall–Kier alpha value is -1.25. The van der Waals surface area contributed by atoms with Gasteiger partial charge in [0.25, 0.3) is 0 Å². The van der Waals surface area contributed by atoms with Gasteiger partial charge in [-0.25, -0.2) is 4.98 Å². The third-order valence-electron chi connectivity index (χ3n) is 4.48. The highest BCUT2D eigenvalue weighted by atomic mass is 16.5. The molecule has 0 bridgehead atoms. The Kier molecular flexibility index (Phi) is 5.49. The average Bonchev–Trinajstić information content (AvgIpc) is 2.40. The summed E-state index contributed by atoms with van der Waals surface area (Å²) in [5.41, 5.74) is 1.04. The number of nitrogens with zero attached hydrogens (tertiary/aromatic N) is 1. The van der Waals surface area contributed by atoms with Gasteiger partial charge < -0.3 is 10.1 Å². The summed E-state index contributed by atoms with van der Waals surface area (Å²) in [5.74, 6) is 2.96. The van der Waals surface area contributed by atoms with Crippen molar-refractivity contribution in [2.24, 2.45) is 17.8 Å². The Morgan fingerprint density at radius 1 is 1.24 bits per heavy atom. The van der Waals surface area contributed by atoms with Crippen LogP contribution in [0.15, 0.2) is 18.3 Å². The van der Waals surface area contributed by atoms with Crippen LogP contribution in [0.5, 0.6) is 5.88 Å². The Balaban J connectivity index is 2.15. The van der Waals surface area contributed by atoms with E-state index in [9.17, 15) is 0 Å². The van der Waals surface area contributed by atoms with Crippen LogP contribution < -0.4 is 10.1 Å². The Labute approximate surface area is 129 Å². The smallest absolute Gasteiger partial charge is 0.237 e. The summed E-state index contributed by atoms with van der Waals surface area (Å²) in [6.07, 6.45) is 5.85. The lowest BCUT2D eigenvalue weighted by molar-refractivity contribution is 0.209.